The van der Waals surface area contributed by atoms with Crippen LogP contribution < -0.4 is 39.7 Å². The topological polar surface area (TPSA) is 193 Å². The fraction of sp³-hybridized carbons (Fsp3) is 0.491. The van der Waals surface area contributed by atoms with Crippen LogP contribution in [-0.2, 0) is 72.5 Å². The van der Waals surface area contributed by atoms with Crippen LogP contribution in [0.2, 0.25) is 0 Å². The van der Waals surface area contributed by atoms with E-state index in [0.29, 0.717) is 39.1 Å². The first-order valence-electron chi connectivity index (χ1n) is 24.7. The summed E-state index contributed by atoms with van der Waals surface area (Å²) in [4.78, 5) is 66.1. The number of halogens is 3. The van der Waals surface area contributed by atoms with Crippen LogP contribution in [0, 0.1) is 25.7 Å². The minimum absolute atomic E-state index is 0. The van der Waals surface area contributed by atoms with E-state index in [1.165, 1.54) is 16.9 Å². The molecule has 74 heavy (non-hydrogen) atoms. The molecule has 2 unspecified atom stereocenters. The number of carbonyl (C=O) groups excluding carboxylic acids is 5. The Balaban J connectivity index is 0.000000367. The Morgan fingerprint density at radius 1 is 0.757 bits per heavy atom. The van der Waals surface area contributed by atoms with E-state index in [9.17, 15) is 24.0 Å². The quantitative estimate of drug-likeness (QED) is 0.0867. The summed E-state index contributed by atoms with van der Waals surface area (Å²) in [5, 5.41) is 5.57. The number of ether oxygens (including phenoxy) is 3. The van der Waals surface area contributed by atoms with E-state index in [-0.39, 0.29) is 86.5 Å². The van der Waals surface area contributed by atoms with Gasteiger partial charge in [-0.2, -0.15) is 9.13 Å². The van der Waals surface area contributed by atoms with Crippen LogP contribution in [0.25, 0.3) is 21.8 Å². The third kappa shape index (κ3) is 14.3. The van der Waals surface area contributed by atoms with E-state index in [1.807, 2.05) is 119 Å². The predicted octanol–water partition coefficient (Wildman–Crippen LogP) is 0.213. The van der Waals surface area contributed by atoms with Crippen molar-refractivity contribution >= 4 is 63.9 Å². The molecule has 0 radical (unpaired) electrons. The number of rotatable bonds is 14. The number of esters is 1. The van der Waals surface area contributed by atoms with Gasteiger partial charge in [-0.05, 0) is 65.0 Å². The number of nitrogens with two attached hydrogens (primary N) is 1. The van der Waals surface area contributed by atoms with Crippen molar-refractivity contribution in [1.82, 2.24) is 28.1 Å². The number of amides is 2. The van der Waals surface area contributed by atoms with Crippen LogP contribution in [0.1, 0.15) is 90.2 Å². The average Bonchev–Trinajstić information content (AvgIpc) is 4.06. The lowest BCUT2D eigenvalue weighted by Crippen LogP contribution is -3.00. The second-order valence-corrected chi connectivity index (χ2v) is 19.3. The number of Topliss-reactive ketones (excluding diaryl/α,β-unsaturated/α-hetero) is 2. The fourth-order valence-corrected chi connectivity index (χ4v) is 9.58. The van der Waals surface area contributed by atoms with Gasteiger partial charge in [-0.1, -0.05) is 36.4 Å². The molecule has 2 amide bonds. The summed E-state index contributed by atoms with van der Waals surface area (Å²) in [6.07, 6.45) is 10.9. The van der Waals surface area contributed by atoms with Crippen LogP contribution in [0.3, 0.4) is 0 Å². The Morgan fingerprint density at radius 2 is 1.16 bits per heavy atom. The zero-order valence-corrected chi connectivity index (χ0v) is 46.6. The number of aliphatic hydroxyl groups is 1. The molecule has 3 N–H and O–H groups in total. The van der Waals surface area contributed by atoms with E-state index in [1.54, 1.807) is 14.1 Å². The first-order chi connectivity index (χ1) is 34.3. The highest BCUT2D eigenvalue weighted by Gasteiger charge is 2.36. The van der Waals surface area contributed by atoms with Crippen molar-refractivity contribution in [3.05, 3.63) is 107 Å². The SMILES string of the molecule is Cc1n(CC2CCc3c(c4ccccc4n3C)C2=O)cc[n+]1COC(=O)N(C)CCCC(=O)OC(C)(C)C.Cc1n(CC2CCc3c(c4ccccc4n3C)C2=O)cc[n+]1COC(=O)N(C)CCN.Cl.[2H]OC.[Cl-].[Cl-]. The average molecular weight is 1090 g/mol. The highest BCUT2D eigenvalue weighted by atomic mass is 35.5. The van der Waals surface area contributed by atoms with Gasteiger partial charge in [0.1, 0.15) is 43.5 Å². The summed E-state index contributed by atoms with van der Waals surface area (Å²) in [5.74, 6) is 1.80. The Morgan fingerprint density at radius 3 is 1.57 bits per heavy atom. The molecule has 4 aromatic heterocycles. The van der Waals surface area contributed by atoms with Gasteiger partial charge < -0.3 is 68.8 Å². The third-order valence-corrected chi connectivity index (χ3v) is 13.5. The van der Waals surface area contributed by atoms with E-state index in [2.05, 4.69) is 35.5 Å². The number of ketones is 2. The number of likely N-dealkylation sites (N-methyl/N-ethyl adjacent to an activating group) is 1. The van der Waals surface area contributed by atoms with Gasteiger partial charge in [0.15, 0.2) is 11.6 Å². The molecule has 0 spiro atoms. The summed E-state index contributed by atoms with van der Waals surface area (Å²) in [6, 6.07) is 16.2. The smallest absolute Gasteiger partial charge is 0.412 e. The molecule has 0 aliphatic heterocycles. The summed E-state index contributed by atoms with van der Waals surface area (Å²) in [6.45, 7) is 12.0. The summed E-state index contributed by atoms with van der Waals surface area (Å²) < 4.78 is 34.0. The first-order valence-corrected chi connectivity index (χ1v) is 24.3. The largest absolute Gasteiger partial charge is 1.00 e. The molecule has 0 saturated carbocycles. The molecule has 0 bridgehead atoms. The molecule has 2 atom stereocenters. The van der Waals surface area contributed by atoms with Crippen LogP contribution in [-0.4, -0.2) is 111 Å². The Labute approximate surface area is 454 Å². The number of para-hydroxylation sites is 2. The molecular formula is C53H74Cl3N9O9. The van der Waals surface area contributed by atoms with Crippen LogP contribution in [0.5, 0.6) is 0 Å². The number of benzene rings is 2. The zero-order valence-electron chi connectivity index (χ0n) is 45.3. The second kappa shape index (κ2) is 27.6. The molecule has 6 aromatic rings. The van der Waals surface area contributed by atoms with Crippen molar-refractivity contribution in [3.8, 4) is 0 Å². The second-order valence-electron chi connectivity index (χ2n) is 19.3. The number of aryl methyl sites for hydroxylation is 2. The number of aliphatic hydroxyl groups excluding tert-OH is 1. The Kier molecular flexibility index (Phi) is 22.6. The normalized spacial score (nSPS) is 14.8. The number of hydrogen-bond acceptors (Lipinski definition) is 10. The number of fused-ring (bicyclic) bond motifs is 6. The van der Waals surface area contributed by atoms with Gasteiger partial charge in [0.2, 0.25) is 14.9 Å². The lowest BCUT2D eigenvalue weighted by atomic mass is 9.85. The fourth-order valence-electron chi connectivity index (χ4n) is 9.58. The van der Waals surface area contributed by atoms with Gasteiger partial charge in [0.25, 0.3) is 11.6 Å². The number of nitrogens with zero attached hydrogens (tertiary/aromatic N) is 8. The molecule has 21 heteroatoms. The minimum Gasteiger partial charge on any atom is -1.00 e. The summed E-state index contributed by atoms with van der Waals surface area (Å²) in [5.41, 5.74) is 11.2. The molecule has 2 aromatic carbocycles. The number of carbonyl (C=O) groups is 5. The van der Waals surface area contributed by atoms with E-state index >= 15 is 0 Å². The van der Waals surface area contributed by atoms with E-state index in [4.69, 9.17) is 21.4 Å². The lowest BCUT2D eigenvalue weighted by Gasteiger charge is -2.21. The van der Waals surface area contributed by atoms with Crippen molar-refractivity contribution in [1.29, 1.82) is 1.43 Å². The van der Waals surface area contributed by atoms with Crippen molar-refractivity contribution in [2.24, 2.45) is 31.7 Å². The summed E-state index contributed by atoms with van der Waals surface area (Å²) in [7, 11) is 8.68. The molecule has 4 heterocycles. The number of hydrogen-bond donors (Lipinski definition) is 2. The Bertz CT molecular complexity index is 2910. The lowest BCUT2D eigenvalue weighted by molar-refractivity contribution is -0.732. The Hall–Kier alpha value is -5.92. The predicted molar refractivity (Wildman–Crippen MR) is 275 cm³/mol. The van der Waals surface area contributed by atoms with Gasteiger partial charge in [-0.3, -0.25) is 14.4 Å². The number of imidazole rings is 2. The van der Waals surface area contributed by atoms with Gasteiger partial charge in [0.05, 0.1) is 11.8 Å². The molecule has 8 rings (SSSR count). The minimum atomic E-state index is -0.517. The summed E-state index contributed by atoms with van der Waals surface area (Å²) >= 11 is 0. The standard InChI is InChI=1S/C29H39N4O5.C23H30N5O3.CH4O.3ClH/c1-20-32(18-21-13-14-24-26(27(21)35)22-10-7-8-11-23(22)31(24)6)16-17-33(20)19-37-28(36)30(5)15-9-12-25(34)38-29(2,3)4;1-16-27(12-13-28(16)15-31-23(30)25(2)11-10-24)14-17-8-9-20-21(22(17)29)18-6-4-5-7-19(18)26(20)3;1-2;;;/h7-8,10-11,16-17,21H,9,12-15,18-19H2,1-6H3;4-7,12-13,17H,8-11,14-15,24H2,1-3H3;2H,1H3;3*1H/q2*+1;;;;/p-2/i;;2D;;;. The third-order valence-electron chi connectivity index (χ3n) is 13.5. The molecule has 0 fully saturated rings. The van der Waals surface area contributed by atoms with Crippen molar-refractivity contribution in [2.75, 3.05) is 40.8 Å². The first kappa shape index (κ1) is 60.6. The number of aromatic nitrogens is 6. The van der Waals surface area contributed by atoms with Crippen LogP contribution in [0.15, 0.2) is 73.3 Å². The highest BCUT2D eigenvalue weighted by molar-refractivity contribution is 6.12. The van der Waals surface area contributed by atoms with Gasteiger partial charge in [-0.25, -0.2) is 18.7 Å². The molecule has 406 valence electrons. The molecular weight excluding hydrogens is 1010 g/mol. The van der Waals surface area contributed by atoms with Crippen molar-refractivity contribution in [2.45, 2.75) is 105 Å². The van der Waals surface area contributed by atoms with Crippen molar-refractivity contribution < 1.29 is 77.2 Å². The van der Waals surface area contributed by atoms with E-state index in [0.717, 1.165) is 81.7 Å². The maximum Gasteiger partial charge on any atom is 0.412 e. The molecule has 0 saturated heterocycles. The molecule has 2 aliphatic rings. The monoisotopic (exact) mass is 1090 g/mol. The van der Waals surface area contributed by atoms with Crippen molar-refractivity contribution in [3.63, 3.8) is 0 Å². The van der Waals surface area contributed by atoms with Gasteiger partial charge in [-0.15, -0.1) is 12.4 Å². The van der Waals surface area contributed by atoms with Gasteiger partial charge >= 0.3 is 18.2 Å². The molecule has 18 nitrogen and oxygen atoms in total. The highest BCUT2D eigenvalue weighted by Crippen LogP contribution is 2.36. The maximum atomic E-state index is 13.5. The van der Waals surface area contributed by atoms with Crippen LogP contribution in [0.4, 0.5) is 9.59 Å². The zero-order chi connectivity index (χ0) is 52.4. The maximum absolute atomic E-state index is 13.5. The van der Waals surface area contributed by atoms with Gasteiger partial charge in [0, 0.05) is 120 Å². The molecule has 2 aliphatic carbocycles. The van der Waals surface area contributed by atoms with Crippen LogP contribution >= 0.6 is 12.4 Å². The van der Waals surface area contributed by atoms with E-state index < -0.39 is 17.8 Å².